The lowest BCUT2D eigenvalue weighted by Gasteiger charge is -2.12. The molecule has 8 heteroatoms. The van der Waals surface area contributed by atoms with Crippen LogP contribution in [0, 0.1) is 0 Å². The summed E-state index contributed by atoms with van der Waals surface area (Å²) in [5.41, 5.74) is 6.32. The number of rotatable bonds is 7. The van der Waals surface area contributed by atoms with Crippen molar-refractivity contribution in [3.05, 3.63) is 83.4 Å². The molecule has 0 radical (unpaired) electrons. The molecule has 1 aliphatic rings. The predicted molar refractivity (Wildman–Crippen MR) is 125 cm³/mol. The van der Waals surface area contributed by atoms with Gasteiger partial charge in [-0.1, -0.05) is 54.6 Å². The fourth-order valence-corrected chi connectivity index (χ4v) is 4.04. The van der Waals surface area contributed by atoms with Crippen molar-refractivity contribution >= 4 is 22.7 Å². The minimum Gasteiger partial charge on any atom is -0.478 e. The molecular weight excluding hydrogens is 418 g/mol. The van der Waals surface area contributed by atoms with Gasteiger partial charge in [0.25, 0.3) is 6.01 Å². The van der Waals surface area contributed by atoms with Crippen molar-refractivity contribution in [1.82, 2.24) is 9.55 Å². The summed E-state index contributed by atoms with van der Waals surface area (Å²) in [6.07, 6.45) is 0. The van der Waals surface area contributed by atoms with E-state index in [0.29, 0.717) is 36.7 Å². The van der Waals surface area contributed by atoms with Crippen LogP contribution in [0.5, 0.6) is 6.01 Å². The summed E-state index contributed by atoms with van der Waals surface area (Å²) in [4.78, 5) is 16.3. The molecule has 1 aromatic heterocycles. The van der Waals surface area contributed by atoms with Crippen molar-refractivity contribution in [2.75, 3.05) is 13.2 Å². The van der Waals surface area contributed by atoms with E-state index >= 15 is 0 Å². The minimum absolute atomic E-state index is 0.199. The maximum atomic E-state index is 11.8. The van der Waals surface area contributed by atoms with Gasteiger partial charge in [-0.25, -0.2) is 4.79 Å². The summed E-state index contributed by atoms with van der Waals surface area (Å²) < 4.78 is 7.54. The lowest BCUT2D eigenvalue weighted by molar-refractivity contribution is 0.0698. The average Bonchev–Trinajstić information content (AvgIpc) is 3.49. The SMILES string of the molecule is CCOc1nc2cccc(C(=O)O)c2n1Cc1ccc(-c2ccccc2C2=NN=NC2)cc1. The van der Waals surface area contributed by atoms with Gasteiger partial charge in [0.1, 0.15) is 6.54 Å². The first-order chi connectivity index (χ1) is 16.2. The maximum Gasteiger partial charge on any atom is 0.337 e. The van der Waals surface area contributed by atoms with Crippen molar-refractivity contribution in [2.45, 2.75) is 13.5 Å². The zero-order chi connectivity index (χ0) is 22.8. The number of benzene rings is 3. The Balaban J connectivity index is 1.51. The fraction of sp³-hybridized carbons (Fsp3) is 0.160. The summed E-state index contributed by atoms with van der Waals surface area (Å²) in [5, 5.41) is 21.5. The number of carbonyl (C=O) groups is 1. The molecule has 0 spiro atoms. The van der Waals surface area contributed by atoms with E-state index in [1.165, 1.54) is 0 Å². The number of hydrogen-bond acceptors (Lipinski definition) is 6. The van der Waals surface area contributed by atoms with Crippen molar-refractivity contribution in [3.63, 3.8) is 0 Å². The van der Waals surface area contributed by atoms with Crippen LogP contribution in [0.4, 0.5) is 0 Å². The molecule has 0 fully saturated rings. The Labute approximate surface area is 189 Å². The third-order valence-corrected chi connectivity index (χ3v) is 5.53. The monoisotopic (exact) mass is 439 g/mol. The lowest BCUT2D eigenvalue weighted by Crippen LogP contribution is -2.08. The Morgan fingerprint density at radius 1 is 1.03 bits per heavy atom. The molecule has 0 atom stereocenters. The number of hydrogen-bond donors (Lipinski definition) is 1. The van der Waals surface area contributed by atoms with Gasteiger partial charge in [0.15, 0.2) is 0 Å². The highest BCUT2D eigenvalue weighted by atomic mass is 16.5. The van der Waals surface area contributed by atoms with Crippen LogP contribution >= 0.6 is 0 Å². The number of carboxylic acid groups (broad SMARTS) is 1. The molecule has 3 aromatic carbocycles. The number of aromatic nitrogens is 2. The van der Waals surface area contributed by atoms with Crippen LogP contribution in [0.1, 0.15) is 28.4 Å². The van der Waals surface area contributed by atoms with E-state index in [2.05, 4.69) is 38.6 Å². The summed E-state index contributed by atoms with van der Waals surface area (Å²) in [6.45, 7) is 3.23. The summed E-state index contributed by atoms with van der Waals surface area (Å²) in [7, 11) is 0. The van der Waals surface area contributed by atoms with Crippen molar-refractivity contribution < 1.29 is 14.6 Å². The molecule has 164 valence electrons. The first-order valence-corrected chi connectivity index (χ1v) is 10.6. The molecule has 33 heavy (non-hydrogen) atoms. The maximum absolute atomic E-state index is 11.8. The van der Waals surface area contributed by atoms with Gasteiger partial charge in [0.05, 0.1) is 35.5 Å². The quantitative estimate of drug-likeness (QED) is 0.437. The Morgan fingerprint density at radius 3 is 2.52 bits per heavy atom. The van der Waals surface area contributed by atoms with Crippen LogP contribution < -0.4 is 4.74 Å². The van der Waals surface area contributed by atoms with Gasteiger partial charge in [0, 0.05) is 5.56 Å². The van der Waals surface area contributed by atoms with Crippen LogP contribution in [-0.4, -0.2) is 39.5 Å². The Morgan fingerprint density at radius 2 is 1.82 bits per heavy atom. The summed E-state index contributed by atoms with van der Waals surface area (Å²) in [6, 6.07) is 21.7. The number of aromatic carboxylic acids is 1. The second-order valence-corrected chi connectivity index (χ2v) is 7.57. The molecule has 0 unspecified atom stereocenters. The van der Waals surface area contributed by atoms with Gasteiger partial charge in [-0.2, -0.15) is 10.1 Å². The van der Waals surface area contributed by atoms with E-state index < -0.39 is 5.97 Å². The molecular formula is C25H21N5O3. The number of ether oxygens (including phenoxy) is 1. The minimum atomic E-state index is -0.995. The standard InChI is InChI=1S/C25H21N5O3/c1-2-33-25-27-21-9-5-8-20(24(31)32)23(21)30(25)15-16-10-12-17(13-11-16)18-6-3-4-7-19(18)22-14-26-29-28-22/h3-13H,2,14-15H2,1H3,(H,31,32). The largest absolute Gasteiger partial charge is 0.478 e. The molecule has 5 rings (SSSR count). The molecule has 0 saturated heterocycles. The molecule has 1 N–H and O–H groups in total. The van der Waals surface area contributed by atoms with E-state index in [9.17, 15) is 9.90 Å². The summed E-state index contributed by atoms with van der Waals surface area (Å²) >= 11 is 0. The normalized spacial score (nSPS) is 12.8. The lowest BCUT2D eigenvalue weighted by atomic mass is 9.96. The van der Waals surface area contributed by atoms with E-state index in [4.69, 9.17) is 4.74 Å². The Kier molecular flexibility index (Phi) is 5.40. The van der Waals surface area contributed by atoms with E-state index in [0.717, 1.165) is 28.0 Å². The molecule has 0 amide bonds. The first kappa shape index (κ1) is 20.6. The van der Waals surface area contributed by atoms with Gasteiger partial charge in [-0.3, -0.25) is 4.57 Å². The first-order valence-electron chi connectivity index (χ1n) is 10.6. The number of fused-ring (bicyclic) bond motifs is 1. The highest BCUT2D eigenvalue weighted by Gasteiger charge is 2.19. The van der Waals surface area contributed by atoms with Crippen LogP contribution in [0.3, 0.4) is 0 Å². The smallest absolute Gasteiger partial charge is 0.337 e. The van der Waals surface area contributed by atoms with Crippen LogP contribution in [0.15, 0.2) is 82.2 Å². The molecule has 0 saturated carbocycles. The number of imidazole rings is 1. The van der Waals surface area contributed by atoms with Crippen molar-refractivity contribution in [1.29, 1.82) is 0 Å². The van der Waals surface area contributed by atoms with Crippen LogP contribution in [0.2, 0.25) is 0 Å². The average molecular weight is 439 g/mol. The third-order valence-electron chi connectivity index (χ3n) is 5.53. The van der Waals surface area contributed by atoms with E-state index in [1.54, 1.807) is 18.2 Å². The van der Waals surface area contributed by atoms with Gasteiger partial charge in [-0.05, 0) is 41.0 Å². The van der Waals surface area contributed by atoms with Crippen molar-refractivity contribution in [3.8, 4) is 17.1 Å². The van der Waals surface area contributed by atoms with Gasteiger partial charge in [-0.15, -0.1) is 5.10 Å². The third kappa shape index (κ3) is 3.87. The van der Waals surface area contributed by atoms with Crippen molar-refractivity contribution in [2.24, 2.45) is 15.4 Å². The Bertz CT molecular complexity index is 1400. The second kappa shape index (κ2) is 8.66. The molecule has 8 nitrogen and oxygen atoms in total. The highest BCUT2D eigenvalue weighted by Crippen LogP contribution is 2.29. The number of para-hydroxylation sites is 1. The highest BCUT2D eigenvalue weighted by molar-refractivity contribution is 6.07. The molecule has 0 bridgehead atoms. The van der Waals surface area contributed by atoms with Crippen LogP contribution in [-0.2, 0) is 6.54 Å². The summed E-state index contributed by atoms with van der Waals surface area (Å²) in [5.74, 6) is -0.995. The van der Waals surface area contributed by atoms with Crippen LogP contribution in [0.25, 0.3) is 22.2 Å². The molecule has 2 heterocycles. The molecule has 4 aromatic rings. The van der Waals surface area contributed by atoms with Gasteiger partial charge >= 0.3 is 5.97 Å². The molecule has 0 aliphatic carbocycles. The van der Waals surface area contributed by atoms with Gasteiger partial charge < -0.3 is 9.84 Å². The zero-order valence-corrected chi connectivity index (χ0v) is 18.0. The fourth-order valence-electron chi connectivity index (χ4n) is 4.04. The number of nitrogens with zero attached hydrogens (tertiary/aromatic N) is 5. The van der Waals surface area contributed by atoms with E-state index in [-0.39, 0.29) is 5.56 Å². The zero-order valence-electron chi connectivity index (χ0n) is 18.0. The molecule has 1 aliphatic heterocycles. The van der Waals surface area contributed by atoms with Gasteiger partial charge in [0.2, 0.25) is 0 Å². The topological polar surface area (TPSA) is 101 Å². The Hall–Kier alpha value is -4.33. The predicted octanol–water partition coefficient (Wildman–Crippen LogP) is 5.02. The second-order valence-electron chi connectivity index (χ2n) is 7.57. The number of carboxylic acids is 1. The van der Waals surface area contributed by atoms with E-state index in [1.807, 2.05) is 41.8 Å².